The molecule has 0 aromatic carbocycles. The lowest BCUT2D eigenvalue weighted by molar-refractivity contribution is -0.108. The van der Waals surface area contributed by atoms with E-state index < -0.39 is 11.7 Å². The Balaban J connectivity index is 2.38. The van der Waals surface area contributed by atoms with Crippen LogP contribution in [0.25, 0.3) is 11.0 Å². The van der Waals surface area contributed by atoms with Gasteiger partial charge in [0.25, 0.3) is 0 Å². The van der Waals surface area contributed by atoms with Gasteiger partial charge in [-0.1, -0.05) is 5.16 Å². The van der Waals surface area contributed by atoms with Gasteiger partial charge in [-0.05, 0) is 46.8 Å². The summed E-state index contributed by atoms with van der Waals surface area (Å²) in [6.07, 6.45) is 5.01. The molecular weight excluding hydrogens is 362 g/mol. The smallest absolute Gasteiger partial charge is 0.414 e. The molecule has 0 radical (unpaired) electrons. The molecule has 2 heterocycles. The summed E-state index contributed by atoms with van der Waals surface area (Å²) < 4.78 is 10.7. The van der Waals surface area contributed by atoms with Crippen LogP contribution in [0.15, 0.2) is 34.6 Å². The Labute approximate surface area is 163 Å². The van der Waals surface area contributed by atoms with Crippen molar-refractivity contribution in [3.8, 4) is 0 Å². The Morgan fingerprint density at radius 3 is 2.68 bits per heavy atom. The van der Waals surface area contributed by atoms with Crippen LogP contribution in [0, 0.1) is 6.92 Å². The van der Waals surface area contributed by atoms with Crippen molar-refractivity contribution in [2.45, 2.75) is 40.2 Å². The van der Waals surface area contributed by atoms with Crippen LogP contribution in [-0.2, 0) is 9.53 Å². The van der Waals surface area contributed by atoms with Crippen LogP contribution < -0.4 is 15.5 Å². The van der Waals surface area contributed by atoms with Crippen molar-refractivity contribution in [1.82, 2.24) is 15.5 Å². The Morgan fingerprint density at radius 1 is 1.32 bits per heavy atom. The molecule has 0 aliphatic heterocycles. The molecule has 2 amide bonds. The minimum absolute atomic E-state index is 0.466. The highest BCUT2D eigenvalue weighted by Crippen LogP contribution is 2.30. The maximum atomic E-state index is 12.5. The molecule has 2 aromatic rings. The number of carbonyl (C=O) groups is 2. The van der Waals surface area contributed by atoms with Crippen molar-refractivity contribution >= 4 is 35.0 Å². The molecule has 0 aliphatic carbocycles. The number of aromatic nitrogens is 2. The van der Waals surface area contributed by atoms with Gasteiger partial charge in [-0.15, -0.1) is 0 Å². The second-order valence-electron chi connectivity index (χ2n) is 7.12. The lowest BCUT2D eigenvalue weighted by atomic mass is 10.2. The number of aryl methyl sites for hydroxylation is 1. The van der Waals surface area contributed by atoms with Crippen LogP contribution in [0.1, 0.15) is 33.5 Å². The largest absolute Gasteiger partial charge is 0.443 e. The molecule has 0 aliphatic rings. The summed E-state index contributed by atoms with van der Waals surface area (Å²) in [6, 6.07) is 1.69. The quantitative estimate of drug-likeness (QED) is 0.577. The summed E-state index contributed by atoms with van der Waals surface area (Å²) in [5.41, 5.74) is 1.66. The highest BCUT2D eigenvalue weighted by Gasteiger charge is 2.24. The zero-order chi connectivity index (χ0) is 20.9. The molecule has 0 spiro atoms. The van der Waals surface area contributed by atoms with Crippen molar-refractivity contribution < 1.29 is 18.8 Å². The first-order valence-electron chi connectivity index (χ1n) is 8.66. The second-order valence-corrected chi connectivity index (χ2v) is 7.12. The average molecular weight is 387 g/mol. The van der Waals surface area contributed by atoms with E-state index in [0.717, 1.165) is 5.70 Å². The number of fused-ring (bicyclic) bond motifs is 1. The number of nitrogens with zero attached hydrogens (tertiary/aromatic N) is 3. The van der Waals surface area contributed by atoms with Crippen molar-refractivity contribution in [2.24, 2.45) is 0 Å². The van der Waals surface area contributed by atoms with Crippen molar-refractivity contribution in [3.63, 3.8) is 0 Å². The third-order valence-corrected chi connectivity index (χ3v) is 3.54. The number of pyridine rings is 1. The summed E-state index contributed by atoms with van der Waals surface area (Å²) in [7, 11) is 1.60. The number of nitrogens with one attached hydrogen (secondary N) is 2. The SMILES string of the molecule is C/C(=C\C=C/NC=O)Nc1cc(N(C)C(=O)OC(C)(C)C)c2noc(C)c2n1. The maximum absolute atomic E-state index is 12.5. The first-order chi connectivity index (χ1) is 13.1. The van der Waals surface area contributed by atoms with E-state index in [-0.39, 0.29) is 0 Å². The molecule has 0 saturated heterocycles. The van der Waals surface area contributed by atoms with Crippen LogP contribution in [0.5, 0.6) is 0 Å². The molecule has 9 heteroatoms. The van der Waals surface area contributed by atoms with E-state index in [1.807, 2.05) is 6.92 Å². The Kier molecular flexibility index (Phi) is 6.40. The Hall–Kier alpha value is -3.36. The maximum Gasteiger partial charge on any atom is 0.414 e. The van der Waals surface area contributed by atoms with Crippen molar-refractivity contribution in [1.29, 1.82) is 0 Å². The van der Waals surface area contributed by atoms with Crippen LogP contribution in [0.4, 0.5) is 16.3 Å². The number of amides is 2. The fourth-order valence-corrected chi connectivity index (χ4v) is 2.30. The lowest BCUT2D eigenvalue weighted by Gasteiger charge is -2.25. The zero-order valence-corrected chi connectivity index (χ0v) is 16.9. The molecule has 2 aromatic heterocycles. The number of anilines is 2. The summed E-state index contributed by atoms with van der Waals surface area (Å²) >= 11 is 0. The second kappa shape index (κ2) is 8.55. The molecule has 2 N–H and O–H groups in total. The van der Waals surface area contributed by atoms with Crippen LogP contribution in [-0.4, -0.2) is 35.3 Å². The molecule has 0 bridgehead atoms. The lowest BCUT2D eigenvalue weighted by Crippen LogP contribution is -2.34. The number of hydrogen-bond acceptors (Lipinski definition) is 7. The Bertz CT molecular complexity index is 924. The van der Waals surface area contributed by atoms with Crippen LogP contribution in [0.3, 0.4) is 0 Å². The van der Waals surface area contributed by atoms with E-state index in [4.69, 9.17) is 9.26 Å². The molecule has 9 nitrogen and oxygen atoms in total. The number of rotatable bonds is 6. The van der Waals surface area contributed by atoms with Gasteiger partial charge in [0.15, 0.2) is 11.3 Å². The average Bonchev–Trinajstić information content (AvgIpc) is 2.97. The first kappa shape index (κ1) is 20.9. The van der Waals surface area contributed by atoms with Crippen molar-refractivity contribution in [2.75, 3.05) is 17.3 Å². The number of ether oxygens (including phenoxy) is 1. The standard InChI is InChI=1S/C19H25N5O4/c1-12(8-7-9-20-11-25)21-15-10-14(17-16(22-15)13(2)28-23-17)24(6)18(26)27-19(3,4)5/h7-11H,1-6H3,(H,20,25)(H,21,22)/b9-7-,12-8+. The summed E-state index contributed by atoms with van der Waals surface area (Å²) in [5.74, 6) is 1.05. The molecule has 2 rings (SSSR count). The highest BCUT2D eigenvalue weighted by atomic mass is 16.6. The van der Waals surface area contributed by atoms with Gasteiger partial charge >= 0.3 is 6.09 Å². The molecule has 0 unspecified atom stereocenters. The van der Waals surface area contributed by atoms with Gasteiger partial charge in [0, 0.05) is 25.0 Å². The predicted octanol–water partition coefficient (Wildman–Crippen LogP) is 3.48. The monoisotopic (exact) mass is 387 g/mol. The topological polar surface area (TPSA) is 110 Å². The van der Waals surface area contributed by atoms with E-state index >= 15 is 0 Å². The third kappa shape index (κ3) is 5.32. The van der Waals surface area contributed by atoms with Gasteiger partial charge in [-0.3, -0.25) is 9.69 Å². The first-order valence-corrected chi connectivity index (χ1v) is 8.66. The predicted molar refractivity (Wildman–Crippen MR) is 107 cm³/mol. The van der Waals surface area contributed by atoms with Gasteiger partial charge in [0.2, 0.25) is 6.41 Å². The number of carbonyl (C=O) groups excluding carboxylic acids is 2. The fourth-order valence-electron chi connectivity index (χ4n) is 2.30. The van der Waals surface area contributed by atoms with Gasteiger partial charge in [0.1, 0.15) is 16.9 Å². The number of allylic oxidation sites excluding steroid dienone is 3. The van der Waals surface area contributed by atoms with Crippen LogP contribution >= 0.6 is 0 Å². The molecule has 150 valence electrons. The van der Waals surface area contributed by atoms with E-state index in [1.165, 1.54) is 11.1 Å². The van der Waals surface area contributed by atoms with Crippen LogP contribution in [0.2, 0.25) is 0 Å². The molecular formula is C19H25N5O4. The van der Waals surface area contributed by atoms with E-state index in [2.05, 4.69) is 20.8 Å². The molecule has 0 saturated carbocycles. The third-order valence-electron chi connectivity index (χ3n) is 3.54. The minimum Gasteiger partial charge on any atom is -0.443 e. The zero-order valence-electron chi connectivity index (χ0n) is 16.9. The minimum atomic E-state index is -0.625. The summed E-state index contributed by atoms with van der Waals surface area (Å²) in [6.45, 7) is 8.99. The fraction of sp³-hybridized carbons (Fsp3) is 0.368. The molecule has 0 fully saturated rings. The van der Waals surface area contributed by atoms with E-state index in [1.54, 1.807) is 53.0 Å². The molecule has 0 atom stereocenters. The number of hydrogen-bond donors (Lipinski definition) is 2. The summed E-state index contributed by atoms with van der Waals surface area (Å²) in [5, 5.41) is 9.59. The summed E-state index contributed by atoms with van der Waals surface area (Å²) in [4.78, 5) is 28.6. The normalized spacial score (nSPS) is 12.3. The van der Waals surface area contributed by atoms with Gasteiger partial charge in [0.05, 0.1) is 5.69 Å². The van der Waals surface area contributed by atoms with Gasteiger partial charge < -0.3 is 19.9 Å². The highest BCUT2D eigenvalue weighted by molar-refractivity contribution is 5.99. The van der Waals surface area contributed by atoms with Crippen molar-refractivity contribution in [3.05, 3.63) is 35.9 Å². The van der Waals surface area contributed by atoms with Gasteiger partial charge in [-0.25, -0.2) is 9.78 Å². The van der Waals surface area contributed by atoms with E-state index in [9.17, 15) is 9.59 Å². The van der Waals surface area contributed by atoms with E-state index in [0.29, 0.717) is 34.7 Å². The Morgan fingerprint density at radius 2 is 2.04 bits per heavy atom. The molecule has 28 heavy (non-hydrogen) atoms. The van der Waals surface area contributed by atoms with Gasteiger partial charge in [-0.2, -0.15) is 0 Å².